The summed E-state index contributed by atoms with van der Waals surface area (Å²) >= 11 is 6.28. The Kier molecular flexibility index (Phi) is 6.82. The summed E-state index contributed by atoms with van der Waals surface area (Å²) in [5, 5.41) is 3.38. The number of carbonyl (C=O) groups excluding carboxylic acids is 2. The lowest BCUT2D eigenvalue weighted by molar-refractivity contribution is -0.111. The van der Waals surface area contributed by atoms with Crippen molar-refractivity contribution in [2.24, 2.45) is 0 Å². The summed E-state index contributed by atoms with van der Waals surface area (Å²) in [6.45, 7) is 1.99. The highest BCUT2D eigenvalue weighted by Gasteiger charge is 2.17. The molecule has 0 unspecified atom stereocenters. The van der Waals surface area contributed by atoms with Crippen molar-refractivity contribution in [2.75, 3.05) is 11.9 Å². The number of benzene rings is 3. The van der Waals surface area contributed by atoms with Gasteiger partial charge in [0.1, 0.15) is 0 Å². The summed E-state index contributed by atoms with van der Waals surface area (Å²) in [6, 6.07) is 23.3. The van der Waals surface area contributed by atoms with Gasteiger partial charge in [-0.2, -0.15) is 0 Å². The number of para-hydroxylation sites is 1. The molecule has 0 fully saturated rings. The molecule has 0 aliphatic carbocycles. The van der Waals surface area contributed by atoms with Gasteiger partial charge in [0.15, 0.2) is 0 Å². The molecule has 29 heavy (non-hydrogen) atoms. The fourth-order valence-electron chi connectivity index (χ4n) is 2.81. The molecule has 3 aromatic rings. The largest absolute Gasteiger partial charge is 0.462 e. The zero-order valence-electron chi connectivity index (χ0n) is 15.9. The van der Waals surface area contributed by atoms with Gasteiger partial charge in [-0.1, -0.05) is 72.3 Å². The van der Waals surface area contributed by atoms with Crippen LogP contribution in [0.3, 0.4) is 0 Å². The first-order chi connectivity index (χ1) is 14.1. The molecule has 0 atom stereocenters. The van der Waals surface area contributed by atoms with Crippen LogP contribution in [-0.2, 0) is 9.53 Å². The van der Waals surface area contributed by atoms with Crippen LogP contribution in [0.4, 0.5) is 5.69 Å². The average molecular weight is 406 g/mol. The SMILES string of the molecule is CCOC(=O)c1ccccc1NC(=O)/C(=C/c1ccccc1Cl)c1ccccc1. The summed E-state index contributed by atoms with van der Waals surface area (Å²) in [4.78, 5) is 25.4. The molecular formula is C24H20ClNO3. The fraction of sp³-hybridized carbons (Fsp3) is 0.0833. The zero-order valence-corrected chi connectivity index (χ0v) is 16.6. The minimum Gasteiger partial charge on any atom is -0.462 e. The molecule has 0 heterocycles. The Hall–Kier alpha value is -3.37. The minimum atomic E-state index is -0.486. The van der Waals surface area contributed by atoms with Crippen LogP contribution in [-0.4, -0.2) is 18.5 Å². The van der Waals surface area contributed by atoms with Gasteiger partial charge in [-0.15, -0.1) is 0 Å². The van der Waals surface area contributed by atoms with Gasteiger partial charge in [-0.05, 0) is 42.3 Å². The van der Waals surface area contributed by atoms with Crippen molar-refractivity contribution in [3.05, 3.63) is 101 Å². The standard InChI is InChI=1S/C24H20ClNO3/c1-2-29-24(28)19-13-7-9-15-22(19)26-23(27)20(17-10-4-3-5-11-17)16-18-12-6-8-14-21(18)25/h3-16H,2H2,1H3,(H,26,27)/b20-16+. The quantitative estimate of drug-likeness (QED) is 0.325. The van der Waals surface area contributed by atoms with Crippen LogP contribution in [0.2, 0.25) is 5.02 Å². The number of carbonyl (C=O) groups is 2. The van der Waals surface area contributed by atoms with Crippen LogP contribution in [0, 0.1) is 0 Å². The van der Waals surface area contributed by atoms with E-state index in [1.807, 2.05) is 48.5 Å². The number of anilines is 1. The van der Waals surface area contributed by atoms with Crippen LogP contribution in [0.15, 0.2) is 78.9 Å². The van der Waals surface area contributed by atoms with Gasteiger partial charge >= 0.3 is 5.97 Å². The van der Waals surface area contributed by atoms with Crippen molar-refractivity contribution in [3.63, 3.8) is 0 Å². The number of hydrogen-bond acceptors (Lipinski definition) is 3. The van der Waals surface area contributed by atoms with E-state index in [1.165, 1.54) is 0 Å². The summed E-state index contributed by atoms with van der Waals surface area (Å²) in [5.74, 6) is -0.840. The van der Waals surface area contributed by atoms with E-state index in [0.29, 0.717) is 21.8 Å². The number of rotatable bonds is 6. The van der Waals surface area contributed by atoms with E-state index in [4.69, 9.17) is 16.3 Å². The molecule has 3 aromatic carbocycles. The Morgan fingerprint density at radius 2 is 1.59 bits per heavy atom. The second-order valence-corrected chi connectivity index (χ2v) is 6.57. The Morgan fingerprint density at radius 3 is 2.31 bits per heavy atom. The Labute approximate surface area is 174 Å². The zero-order chi connectivity index (χ0) is 20.6. The maximum atomic E-state index is 13.2. The average Bonchev–Trinajstić information content (AvgIpc) is 2.74. The van der Waals surface area contributed by atoms with E-state index in [-0.39, 0.29) is 12.5 Å². The monoisotopic (exact) mass is 405 g/mol. The summed E-state index contributed by atoms with van der Waals surface area (Å²) in [7, 11) is 0. The first-order valence-electron chi connectivity index (χ1n) is 9.19. The molecule has 146 valence electrons. The summed E-state index contributed by atoms with van der Waals surface area (Å²) in [5.41, 5.74) is 2.57. The van der Waals surface area contributed by atoms with E-state index in [2.05, 4.69) is 5.32 Å². The molecule has 0 radical (unpaired) electrons. The van der Waals surface area contributed by atoms with E-state index in [9.17, 15) is 9.59 Å². The third-order valence-corrected chi connectivity index (χ3v) is 4.55. The summed E-state index contributed by atoms with van der Waals surface area (Å²) in [6.07, 6.45) is 1.74. The third-order valence-electron chi connectivity index (χ3n) is 4.21. The van der Waals surface area contributed by atoms with Gasteiger partial charge in [0.25, 0.3) is 5.91 Å². The maximum absolute atomic E-state index is 13.2. The molecule has 4 nitrogen and oxygen atoms in total. The van der Waals surface area contributed by atoms with Crippen molar-refractivity contribution in [2.45, 2.75) is 6.92 Å². The molecule has 0 spiro atoms. The number of nitrogens with one attached hydrogen (secondary N) is 1. The number of amides is 1. The molecule has 0 aromatic heterocycles. The smallest absolute Gasteiger partial charge is 0.340 e. The highest BCUT2D eigenvalue weighted by atomic mass is 35.5. The molecule has 0 bridgehead atoms. The van der Waals surface area contributed by atoms with Crippen molar-refractivity contribution in [1.82, 2.24) is 0 Å². The topological polar surface area (TPSA) is 55.4 Å². The van der Waals surface area contributed by atoms with E-state index < -0.39 is 5.97 Å². The normalized spacial score (nSPS) is 11.0. The van der Waals surface area contributed by atoms with Crippen molar-refractivity contribution in [3.8, 4) is 0 Å². The predicted octanol–water partition coefficient (Wildman–Crippen LogP) is 5.70. The van der Waals surface area contributed by atoms with Gasteiger partial charge < -0.3 is 10.1 Å². The Bertz CT molecular complexity index is 1040. The third kappa shape index (κ3) is 5.12. The second-order valence-electron chi connectivity index (χ2n) is 6.17. The van der Waals surface area contributed by atoms with E-state index in [1.54, 1.807) is 43.3 Å². The van der Waals surface area contributed by atoms with Gasteiger partial charge in [0.05, 0.1) is 17.9 Å². The van der Waals surface area contributed by atoms with Gasteiger partial charge in [-0.3, -0.25) is 4.79 Å². The Morgan fingerprint density at radius 1 is 0.931 bits per heavy atom. The molecule has 1 amide bonds. The molecule has 0 aliphatic heterocycles. The van der Waals surface area contributed by atoms with Crippen molar-refractivity contribution in [1.29, 1.82) is 0 Å². The lowest BCUT2D eigenvalue weighted by Crippen LogP contribution is -2.17. The van der Waals surface area contributed by atoms with Crippen LogP contribution in [0.1, 0.15) is 28.4 Å². The van der Waals surface area contributed by atoms with Crippen molar-refractivity contribution < 1.29 is 14.3 Å². The van der Waals surface area contributed by atoms with E-state index in [0.717, 1.165) is 11.1 Å². The number of halogens is 1. The molecule has 1 N–H and O–H groups in total. The Balaban J connectivity index is 1.99. The predicted molar refractivity (Wildman–Crippen MR) is 117 cm³/mol. The number of hydrogen-bond donors (Lipinski definition) is 1. The highest BCUT2D eigenvalue weighted by molar-refractivity contribution is 6.34. The van der Waals surface area contributed by atoms with E-state index >= 15 is 0 Å². The van der Waals surface area contributed by atoms with Gasteiger partial charge in [0.2, 0.25) is 0 Å². The molecule has 5 heteroatoms. The van der Waals surface area contributed by atoms with Crippen LogP contribution < -0.4 is 5.32 Å². The van der Waals surface area contributed by atoms with Gasteiger partial charge in [0, 0.05) is 10.6 Å². The van der Waals surface area contributed by atoms with Crippen LogP contribution in [0.5, 0.6) is 0 Å². The molecule has 0 saturated carbocycles. The molecule has 0 aliphatic rings. The highest BCUT2D eigenvalue weighted by Crippen LogP contribution is 2.25. The lowest BCUT2D eigenvalue weighted by Gasteiger charge is -2.13. The molecular weight excluding hydrogens is 386 g/mol. The molecule has 3 rings (SSSR count). The van der Waals surface area contributed by atoms with Crippen molar-refractivity contribution >= 4 is 40.8 Å². The first kappa shape index (κ1) is 20.4. The van der Waals surface area contributed by atoms with Crippen LogP contribution in [0.25, 0.3) is 11.6 Å². The number of ether oxygens (including phenoxy) is 1. The fourth-order valence-corrected chi connectivity index (χ4v) is 3.00. The molecule has 0 saturated heterocycles. The van der Waals surface area contributed by atoms with Gasteiger partial charge in [-0.25, -0.2) is 4.79 Å². The van der Waals surface area contributed by atoms with Crippen LogP contribution >= 0.6 is 11.6 Å². The minimum absolute atomic E-state index is 0.253. The maximum Gasteiger partial charge on any atom is 0.340 e. The lowest BCUT2D eigenvalue weighted by atomic mass is 10.0. The second kappa shape index (κ2) is 9.71. The summed E-state index contributed by atoms with van der Waals surface area (Å²) < 4.78 is 5.08. The first-order valence-corrected chi connectivity index (χ1v) is 9.57. The number of esters is 1.